The highest BCUT2D eigenvalue weighted by Gasteiger charge is 2.35. The molecule has 1 atom stereocenters. The summed E-state index contributed by atoms with van der Waals surface area (Å²) in [6, 6.07) is 4.49. The van der Waals surface area contributed by atoms with Crippen LogP contribution in [0.1, 0.15) is 6.42 Å². The molecule has 0 saturated carbocycles. The highest BCUT2D eigenvalue weighted by Crippen LogP contribution is 2.36. The minimum absolute atomic E-state index is 0.590. The molecule has 1 aromatic heterocycles. The Hall–Kier alpha value is -1.25. The molecule has 1 saturated heterocycles. The first-order valence-corrected chi connectivity index (χ1v) is 4.29. The van der Waals surface area contributed by atoms with Crippen molar-refractivity contribution in [3.05, 3.63) is 18.3 Å². The molecule has 0 spiro atoms. The van der Waals surface area contributed by atoms with Gasteiger partial charge in [0.2, 0.25) is 0 Å². The third kappa shape index (κ3) is 0.682. The maximum Gasteiger partial charge on any atom is 0.171 e. The van der Waals surface area contributed by atoms with Crippen molar-refractivity contribution in [2.75, 3.05) is 18.1 Å². The van der Waals surface area contributed by atoms with Crippen molar-refractivity contribution >= 4 is 5.82 Å². The van der Waals surface area contributed by atoms with Crippen molar-refractivity contribution in [1.82, 2.24) is 4.98 Å². The second-order valence-electron chi connectivity index (χ2n) is 3.27. The molecule has 62 valence electrons. The summed E-state index contributed by atoms with van der Waals surface area (Å²) < 4.78 is 5.55. The predicted octanol–water partition coefficient (Wildman–Crippen LogP) is 1.05. The van der Waals surface area contributed by atoms with Gasteiger partial charge < -0.3 is 9.64 Å². The molecule has 2 aliphatic heterocycles. The normalized spacial score (nSPS) is 25.0. The maximum atomic E-state index is 5.55. The van der Waals surface area contributed by atoms with Crippen molar-refractivity contribution < 1.29 is 4.74 Å². The predicted molar refractivity (Wildman–Crippen MR) is 45.5 cm³/mol. The minimum atomic E-state index is 0.590. The van der Waals surface area contributed by atoms with Crippen LogP contribution in [0.3, 0.4) is 0 Å². The van der Waals surface area contributed by atoms with Crippen LogP contribution in [-0.4, -0.2) is 24.2 Å². The fourth-order valence-electron chi connectivity index (χ4n) is 1.79. The summed E-state index contributed by atoms with van der Waals surface area (Å²) in [7, 11) is 0. The average molecular weight is 162 g/mol. The van der Waals surface area contributed by atoms with E-state index in [1.807, 2.05) is 18.3 Å². The Labute approximate surface area is 71.0 Å². The quantitative estimate of drug-likeness (QED) is 0.570. The maximum absolute atomic E-state index is 5.55. The van der Waals surface area contributed by atoms with Crippen LogP contribution in [0.5, 0.6) is 5.75 Å². The van der Waals surface area contributed by atoms with Crippen molar-refractivity contribution in [2.24, 2.45) is 0 Å². The third-order valence-electron chi connectivity index (χ3n) is 2.60. The molecule has 0 amide bonds. The fraction of sp³-hybridized carbons (Fsp3) is 0.444. The highest BCUT2D eigenvalue weighted by atomic mass is 16.5. The number of rotatable bonds is 0. The van der Waals surface area contributed by atoms with E-state index < -0.39 is 0 Å². The summed E-state index contributed by atoms with van der Waals surface area (Å²) in [5.74, 6) is 1.97. The minimum Gasteiger partial charge on any atom is -0.488 e. The van der Waals surface area contributed by atoms with Gasteiger partial charge in [-0.1, -0.05) is 0 Å². The number of pyridine rings is 1. The van der Waals surface area contributed by atoms with Gasteiger partial charge in [-0.2, -0.15) is 0 Å². The largest absolute Gasteiger partial charge is 0.488 e. The molecule has 0 N–H and O–H groups in total. The van der Waals surface area contributed by atoms with E-state index in [4.69, 9.17) is 4.74 Å². The third-order valence-corrected chi connectivity index (χ3v) is 2.60. The van der Waals surface area contributed by atoms with Crippen LogP contribution < -0.4 is 9.64 Å². The number of hydrogen-bond donors (Lipinski definition) is 0. The average Bonchev–Trinajstić information content (AvgIpc) is 2.05. The van der Waals surface area contributed by atoms with Crippen molar-refractivity contribution in [3.63, 3.8) is 0 Å². The molecule has 3 heterocycles. The van der Waals surface area contributed by atoms with Gasteiger partial charge in [-0.15, -0.1) is 0 Å². The van der Waals surface area contributed by atoms with Crippen LogP contribution in [0, 0.1) is 0 Å². The lowest BCUT2D eigenvalue weighted by atomic mass is 10.0. The van der Waals surface area contributed by atoms with Gasteiger partial charge in [-0.05, 0) is 18.6 Å². The van der Waals surface area contributed by atoms with Crippen molar-refractivity contribution in [1.29, 1.82) is 0 Å². The molecule has 0 bridgehead atoms. The Morgan fingerprint density at radius 2 is 2.58 bits per heavy atom. The van der Waals surface area contributed by atoms with E-state index in [1.165, 1.54) is 6.42 Å². The molecule has 0 unspecified atom stereocenters. The van der Waals surface area contributed by atoms with Gasteiger partial charge in [0.1, 0.15) is 6.61 Å². The molecule has 3 nitrogen and oxygen atoms in total. The number of aromatic nitrogens is 1. The Bertz CT molecular complexity index is 313. The molecule has 1 fully saturated rings. The SMILES string of the molecule is c1cnc2c(c1)OC[C@@H]1CCN21. The lowest BCUT2D eigenvalue weighted by Crippen LogP contribution is -2.53. The van der Waals surface area contributed by atoms with E-state index in [-0.39, 0.29) is 0 Å². The molecular formula is C9H10N2O. The van der Waals surface area contributed by atoms with E-state index in [0.717, 1.165) is 24.7 Å². The summed E-state index contributed by atoms with van der Waals surface area (Å²) in [6.07, 6.45) is 3.07. The molecule has 2 aliphatic rings. The Morgan fingerprint density at radius 3 is 3.42 bits per heavy atom. The lowest BCUT2D eigenvalue weighted by Gasteiger charge is -2.45. The first-order chi connectivity index (χ1) is 5.95. The first kappa shape index (κ1) is 6.29. The van der Waals surface area contributed by atoms with Gasteiger partial charge in [0, 0.05) is 12.7 Å². The summed E-state index contributed by atoms with van der Waals surface area (Å²) in [4.78, 5) is 6.62. The smallest absolute Gasteiger partial charge is 0.171 e. The second kappa shape index (κ2) is 2.12. The Morgan fingerprint density at radius 1 is 1.58 bits per heavy atom. The standard InChI is InChI=1S/C9H10N2O/c1-2-8-9(10-4-1)11-5-3-7(11)6-12-8/h1-2,4,7H,3,5-6H2/t7-/m0/s1. The number of nitrogens with zero attached hydrogens (tertiary/aromatic N) is 2. The van der Waals surface area contributed by atoms with E-state index in [2.05, 4.69) is 9.88 Å². The first-order valence-electron chi connectivity index (χ1n) is 4.29. The molecular weight excluding hydrogens is 152 g/mol. The summed E-state index contributed by atoms with van der Waals surface area (Å²) in [5.41, 5.74) is 0. The fourth-order valence-corrected chi connectivity index (χ4v) is 1.79. The van der Waals surface area contributed by atoms with Gasteiger partial charge in [0.15, 0.2) is 11.6 Å². The van der Waals surface area contributed by atoms with Gasteiger partial charge in [0.05, 0.1) is 6.04 Å². The van der Waals surface area contributed by atoms with Crippen LogP contribution in [0.2, 0.25) is 0 Å². The zero-order valence-electron chi connectivity index (χ0n) is 6.73. The number of hydrogen-bond acceptors (Lipinski definition) is 3. The summed E-state index contributed by atoms with van der Waals surface area (Å²) >= 11 is 0. The van der Waals surface area contributed by atoms with Crippen LogP contribution in [-0.2, 0) is 0 Å². The number of ether oxygens (including phenoxy) is 1. The summed E-state index contributed by atoms with van der Waals surface area (Å²) in [6.45, 7) is 1.97. The van der Waals surface area contributed by atoms with E-state index in [1.54, 1.807) is 0 Å². The zero-order chi connectivity index (χ0) is 7.97. The molecule has 12 heavy (non-hydrogen) atoms. The van der Waals surface area contributed by atoms with Crippen LogP contribution in [0.25, 0.3) is 0 Å². The topological polar surface area (TPSA) is 25.4 Å². The lowest BCUT2D eigenvalue weighted by molar-refractivity contribution is 0.221. The van der Waals surface area contributed by atoms with Gasteiger partial charge in [0.25, 0.3) is 0 Å². The molecule has 3 heteroatoms. The molecule has 0 aliphatic carbocycles. The number of anilines is 1. The molecule has 0 aromatic carbocycles. The Kier molecular flexibility index (Phi) is 1.11. The van der Waals surface area contributed by atoms with E-state index >= 15 is 0 Å². The van der Waals surface area contributed by atoms with Crippen LogP contribution in [0.15, 0.2) is 18.3 Å². The molecule has 1 aromatic rings. The van der Waals surface area contributed by atoms with E-state index in [9.17, 15) is 0 Å². The monoisotopic (exact) mass is 162 g/mol. The Balaban J connectivity index is 2.07. The zero-order valence-corrected chi connectivity index (χ0v) is 6.73. The number of fused-ring (bicyclic) bond motifs is 3. The highest BCUT2D eigenvalue weighted by molar-refractivity contribution is 5.56. The summed E-state index contributed by atoms with van der Waals surface area (Å²) in [5, 5.41) is 0. The van der Waals surface area contributed by atoms with Gasteiger partial charge in [-0.25, -0.2) is 4.98 Å². The molecule has 0 radical (unpaired) electrons. The van der Waals surface area contributed by atoms with Crippen LogP contribution in [0.4, 0.5) is 5.82 Å². The van der Waals surface area contributed by atoms with Crippen molar-refractivity contribution in [3.8, 4) is 5.75 Å². The second-order valence-corrected chi connectivity index (χ2v) is 3.27. The van der Waals surface area contributed by atoms with Gasteiger partial charge >= 0.3 is 0 Å². The molecule has 3 rings (SSSR count). The van der Waals surface area contributed by atoms with Gasteiger partial charge in [-0.3, -0.25) is 0 Å². The van der Waals surface area contributed by atoms with E-state index in [0.29, 0.717) is 6.04 Å². The van der Waals surface area contributed by atoms with Crippen molar-refractivity contribution in [2.45, 2.75) is 12.5 Å². The van der Waals surface area contributed by atoms with Crippen LogP contribution >= 0.6 is 0 Å².